The molecule has 136 valence electrons. The predicted molar refractivity (Wildman–Crippen MR) is 93.6 cm³/mol. The van der Waals surface area contributed by atoms with Gasteiger partial charge in [0.25, 0.3) is 0 Å². The van der Waals surface area contributed by atoms with E-state index < -0.39 is 21.9 Å². The Labute approximate surface area is 147 Å². The fraction of sp³-hybridized carbons (Fsp3) is 0.333. The summed E-state index contributed by atoms with van der Waals surface area (Å²) in [7, 11) is -2.25. The van der Waals surface area contributed by atoms with Crippen molar-refractivity contribution >= 4 is 10.0 Å². The maximum Gasteiger partial charge on any atom is 0.240 e. The summed E-state index contributed by atoms with van der Waals surface area (Å²) in [6.45, 7) is 2.57. The lowest BCUT2D eigenvalue weighted by atomic mass is 10.1. The van der Waals surface area contributed by atoms with E-state index in [1.54, 1.807) is 24.3 Å². The van der Waals surface area contributed by atoms with Crippen LogP contribution in [0.1, 0.15) is 25.0 Å². The van der Waals surface area contributed by atoms with Gasteiger partial charge in [-0.25, -0.2) is 17.5 Å². The van der Waals surface area contributed by atoms with Crippen LogP contribution in [-0.2, 0) is 14.8 Å². The Kier molecular flexibility index (Phi) is 6.92. The van der Waals surface area contributed by atoms with Gasteiger partial charge in [0.2, 0.25) is 10.0 Å². The van der Waals surface area contributed by atoms with Gasteiger partial charge in [0, 0.05) is 13.7 Å². The molecule has 0 aliphatic carbocycles. The Hall–Kier alpha value is -1.96. The smallest absolute Gasteiger partial charge is 0.240 e. The van der Waals surface area contributed by atoms with Gasteiger partial charge in [0.1, 0.15) is 11.6 Å². The zero-order valence-corrected chi connectivity index (χ0v) is 15.1. The molecule has 25 heavy (non-hydrogen) atoms. The maximum atomic E-state index is 13.3. The minimum absolute atomic E-state index is 0.00360. The molecule has 1 unspecified atom stereocenters. The summed E-state index contributed by atoms with van der Waals surface area (Å²) in [5.74, 6) is 0.223. The average Bonchev–Trinajstić information content (AvgIpc) is 2.61. The van der Waals surface area contributed by atoms with Gasteiger partial charge < -0.3 is 9.47 Å². The largest absolute Gasteiger partial charge is 0.494 e. The molecule has 2 aromatic rings. The number of ether oxygens (including phenoxy) is 2. The van der Waals surface area contributed by atoms with Crippen molar-refractivity contribution in [2.75, 3.05) is 20.3 Å². The highest BCUT2D eigenvalue weighted by Crippen LogP contribution is 2.19. The summed E-state index contributed by atoms with van der Waals surface area (Å²) in [4.78, 5) is 0.130. The lowest BCUT2D eigenvalue weighted by molar-refractivity contribution is 0.107. The average molecular weight is 367 g/mol. The van der Waals surface area contributed by atoms with Gasteiger partial charge in [-0.05, 0) is 48.4 Å². The number of hydrogen-bond acceptors (Lipinski definition) is 4. The highest BCUT2D eigenvalue weighted by Gasteiger charge is 2.18. The molecule has 0 radical (unpaired) electrons. The van der Waals surface area contributed by atoms with Gasteiger partial charge in [-0.3, -0.25) is 0 Å². The Morgan fingerprint density at radius 3 is 2.48 bits per heavy atom. The molecule has 1 atom stereocenters. The van der Waals surface area contributed by atoms with E-state index in [-0.39, 0.29) is 11.4 Å². The molecule has 0 saturated heterocycles. The molecule has 7 heteroatoms. The number of benzene rings is 2. The lowest BCUT2D eigenvalue weighted by Gasteiger charge is -2.17. The highest BCUT2D eigenvalue weighted by atomic mass is 32.2. The van der Waals surface area contributed by atoms with E-state index in [1.165, 1.54) is 31.4 Å². The van der Waals surface area contributed by atoms with Crippen LogP contribution in [0.25, 0.3) is 0 Å². The molecule has 0 fully saturated rings. The SMILES string of the molecule is CCCOc1ccc(S(=O)(=O)NCC(OC)c2cccc(F)c2)cc1. The van der Waals surface area contributed by atoms with Crippen LogP contribution in [0.15, 0.2) is 53.4 Å². The summed E-state index contributed by atoms with van der Waals surface area (Å²) >= 11 is 0. The second-order valence-electron chi connectivity index (χ2n) is 5.45. The molecule has 0 aromatic heterocycles. The Morgan fingerprint density at radius 1 is 1.16 bits per heavy atom. The Bertz CT molecular complexity index is 778. The molecule has 2 rings (SSSR count). The number of nitrogens with one attached hydrogen (secondary N) is 1. The standard InChI is InChI=1S/C18H22FNO4S/c1-3-11-24-16-7-9-17(10-8-16)25(21,22)20-13-18(23-2)14-5-4-6-15(19)12-14/h4-10,12,18,20H,3,11,13H2,1-2H3. The van der Waals surface area contributed by atoms with Crippen LogP contribution in [0.4, 0.5) is 4.39 Å². The van der Waals surface area contributed by atoms with Gasteiger partial charge in [-0.2, -0.15) is 0 Å². The zero-order valence-electron chi connectivity index (χ0n) is 14.2. The van der Waals surface area contributed by atoms with Crippen LogP contribution in [0.2, 0.25) is 0 Å². The van der Waals surface area contributed by atoms with Crippen LogP contribution in [0.3, 0.4) is 0 Å². The van der Waals surface area contributed by atoms with Gasteiger partial charge in [0.05, 0.1) is 17.6 Å². The van der Waals surface area contributed by atoms with Gasteiger partial charge in [0.15, 0.2) is 0 Å². The van der Waals surface area contributed by atoms with E-state index in [4.69, 9.17) is 9.47 Å². The van der Waals surface area contributed by atoms with Gasteiger partial charge >= 0.3 is 0 Å². The molecule has 0 amide bonds. The van der Waals surface area contributed by atoms with Crippen LogP contribution in [0.5, 0.6) is 5.75 Å². The summed E-state index contributed by atoms with van der Waals surface area (Å²) in [5.41, 5.74) is 0.563. The summed E-state index contributed by atoms with van der Waals surface area (Å²) < 4.78 is 51.3. The summed E-state index contributed by atoms with van der Waals surface area (Å²) in [5, 5.41) is 0. The zero-order chi connectivity index (χ0) is 18.3. The van der Waals surface area contributed by atoms with Crippen LogP contribution in [0, 0.1) is 5.82 Å². The lowest BCUT2D eigenvalue weighted by Crippen LogP contribution is -2.29. The normalized spacial score (nSPS) is 12.8. The highest BCUT2D eigenvalue weighted by molar-refractivity contribution is 7.89. The van der Waals surface area contributed by atoms with E-state index in [0.717, 1.165) is 6.42 Å². The van der Waals surface area contributed by atoms with E-state index in [1.807, 2.05) is 6.92 Å². The molecule has 0 aliphatic heterocycles. The topological polar surface area (TPSA) is 64.6 Å². The van der Waals surface area contributed by atoms with Crippen molar-refractivity contribution in [3.63, 3.8) is 0 Å². The molecule has 5 nitrogen and oxygen atoms in total. The number of halogens is 1. The second-order valence-corrected chi connectivity index (χ2v) is 7.22. The third kappa shape index (κ3) is 5.52. The fourth-order valence-electron chi connectivity index (χ4n) is 2.25. The summed E-state index contributed by atoms with van der Waals surface area (Å²) in [6, 6.07) is 12.1. The van der Waals surface area contributed by atoms with E-state index in [9.17, 15) is 12.8 Å². The third-order valence-electron chi connectivity index (χ3n) is 3.57. The molecular formula is C18H22FNO4S. The fourth-order valence-corrected chi connectivity index (χ4v) is 3.28. The number of sulfonamides is 1. The number of methoxy groups -OCH3 is 1. The quantitative estimate of drug-likeness (QED) is 0.739. The third-order valence-corrected chi connectivity index (χ3v) is 5.01. The number of rotatable bonds is 9. The molecule has 0 aliphatic rings. The minimum Gasteiger partial charge on any atom is -0.494 e. The first-order chi connectivity index (χ1) is 12.0. The van der Waals surface area contributed by atoms with Crippen LogP contribution in [-0.4, -0.2) is 28.7 Å². The first-order valence-corrected chi connectivity index (χ1v) is 9.45. The molecule has 0 saturated carbocycles. The first-order valence-electron chi connectivity index (χ1n) is 7.97. The van der Waals surface area contributed by atoms with Crippen LogP contribution >= 0.6 is 0 Å². The second kappa shape index (κ2) is 8.94. The van der Waals surface area contributed by atoms with Gasteiger partial charge in [-0.15, -0.1) is 0 Å². The van der Waals surface area contributed by atoms with E-state index >= 15 is 0 Å². The summed E-state index contributed by atoms with van der Waals surface area (Å²) in [6.07, 6.45) is 0.290. The van der Waals surface area contributed by atoms with Crippen LogP contribution < -0.4 is 9.46 Å². The minimum atomic E-state index is -3.70. The van der Waals surface area contributed by atoms with Crippen molar-refractivity contribution < 1.29 is 22.3 Å². The molecule has 2 aromatic carbocycles. The molecule has 0 bridgehead atoms. The van der Waals surface area contributed by atoms with Gasteiger partial charge in [-0.1, -0.05) is 19.1 Å². The van der Waals surface area contributed by atoms with Crippen molar-refractivity contribution in [3.05, 3.63) is 59.9 Å². The van der Waals surface area contributed by atoms with E-state index in [2.05, 4.69) is 4.72 Å². The maximum absolute atomic E-state index is 13.3. The molecular weight excluding hydrogens is 345 g/mol. The van der Waals surface area contributed by atoms with Crippen molar-refractivity contribution in [1.82, 2.24) is 4.72 Å². The number of hydrogen-bond donors (Lipinski definition) is 1. The van der Waals surface area contributed by atoms with Crippen molar-refractivity contribution in [2.45, 2.75) is 24.3 Å². The van der Waals surface area contributed by atoms with Crippen molar-refractivity contribution in [3.8, 4) is 5.75 Å². The molecule has 0 heterocycles. The first kappa shape index (κ1) is 19.4. The molecule has 1 N–H and O–H groups in total. The van der Waals surface area contributed by atoms with Crippen molar-refractivity contribution in [2.24, 2.45) is 0 Å². The Balaban J connectivity index is 2.04. The van der Waals surface area contributed by atoms with E-state index in [0.29, 0.717) is 17.9 Å². The van der Waals surface area contributed by atoms with Crippen molar-refractivity contribution in [1.29, 1.82) is 0 Å². The monoisotopic (exact) mass is 367 g/mol. The predicted octanol–water partition coefficient (Wildman–Crippen LogP) is 3.28. The molecule has 0 spiro atoms. The Morgan fingerprint density at radius 2 is 1.88 bits per heavy atom.